The third-order valence-electron chi connectivity index (χ3n) is 4.64. The van der Waals surface area contributed by atoms with Gasteiger partial charge < -0.3 is 5.73 Å². The Morgan fingerprint density at radius 1 is 1.40 bits per heavy atom. The fourth-order valence-electron chi connectivity index (χ4n) is 3.90. The minimum atomic E-state index is 0.00829. The molecule has 0 aliphatic heterocycles. The average Bonchev–Trinajstić information content (AvgIpc) is 2.97. The lowest BCUT2D eigenvalue weighted by Crippen LogP contribution is -2.35. The van der Waals surface area contributed by atoms with Crippen molar-refractivity contribution < 1.29 is 0 Å². The molecule has 1 aliphatic rings. The van der Waals surface area contributed by atoms with Gasteiger partial charge in [-0.15, -0.1) is 0 Å². The number of halogens is 1. The number of aryl methyl sites for hydroxylation is 1. The lowest BCUT2D eigenvalue weighted by molar-refractivity contribution is 0.176. The van der Waals surface area contributed by atoms with E-state index in [2.05, 4.69) is 25.9 Å². The maximum Gasteiger partial charge on any atom is 0.0834 e. The molecule has 2 rings (SSSR count). The Bertz CT molecular complexity index is 433. The van der Waals surface area contributed by atoms with Crippen molar-refractivity contribution in [1.29, 1.82) is 0 Å². The van der Waals surface area contributed by atoms with Crippen LogP contribution in [0, 0.1) is 11.3 Å². The fraction of sp³-hybridized carbons (Fsp3) is 0.812. The highest BCUT2D eigenvalue weighted by Gasteiger charge is 2.42. The summed E-state index contributed by atoms with van der Waals surface area (Å²) in [5, 5.41) is 5.15. The van der Waals surface area contributed by atoms with Gasteiger partial charge in [-0.05, 0) is 37.0 Å². The molecule has 0 saturated heterocycles. The zero-order valence-corrected chi connectivity index (χ0v) is 13.8. The van der Waals surface area contributed by atoms with Crippen LogP contribution in [0.3, 0.4) is 0 Å². The van der Waals surface area contributed by atoms with Gasteiger partial charge in [0.1, 0.15) is 0 Å². The minimum Gasteiger partial charge on any atom is -0.322 e. The molecule has 0 bridgehead atoms. The van der Waals surface area contributed by atoms with Gasteiger partial charge in [0.2, 0.25) is 0 Å². The van der Waals surface area contributed by atoms with Gasteiger partial charge in [-0.1, -0.05) is 45.2 Å². The van der Waals surface area contributed by atoms with Crippen LogP contribution < -0.4 is 5.73 Å². The Hall–Kier alpha value is -0.540. The second-order valence-electron chi connectivity index (χ2n) is 6.75. The Labute approximate surface area is 127 Å². The lowest BCUT2D eigenvalue weighted by Gasteiger charge is -2.37. The van der Waals surface area contributed by atoms with E-state index in [0.717, 1.165) is 23.7 Å². The molecular formula is C16H28ClN3. The van der Waals surface area contributed by atoms with Crippen LogP contribution in [-0.2, 0) is 6.54 Å². The standard InChI is InChI=1S/C16H28ClN3/c1-4-9-20-14(13(17)11-19-20)15(18)16(10-12(2)3)7-5-6-8-16/h11-12,15H,4-10,18H2,1-3H3. The number of nitrogens with zero attached hydrogens (tertiary/aromatic N) is 2. The number of hydrogen-bond donors (Lipinski definition) is 1. The summed E-state index contributed by atoms with van der Waals surface area (Å²) in [5.41, 5.74) is 7.98. The van der Waals surface area contributed by atoms with Crippen molar-refractivity contribution in [3.63, 3.8) is 0 Å². The van der Waals surface area contributed by atoms with Gasteiger partial charge in [-0.25, -0.2) is 0 Å². The summed E-state index contributed by atoms with van der Waals surface area (Å²) >= 11 is 6.39. The van der Waals surface area contributed by atoms with E-state index in [0.29, 0.717) is 5.92 Å². The third-order valence-corrected chi connectivity index (χ3v) is 4.93. The molecule has 0 amide bonds. The fourth-order valence-corrected chi connectivity index (χ4v) is 4.15. The topological polar surface area (TPSA) is 43.8 Å². The molecule has 1 fully saturated rings. The highest BCUT2D eigenvalue weighted by atomic mass is 35.5. The molecule has 0 aromatic carbocycles. The number of nitrogens with two attached hydrogens (primary N) is 1. The second kappa shape index (κ2) is 6.48. The van der Waals surface area contributed by atoms with Gasteiger partial charge in [0.05, 0.1) is 23.0 Å². The summed E-state index contributed by atoms with van der Waals surface area (Å²) in [6.07, 6.45) is 9.01. The lowest BCUT2D eigenvalue weighted by atomic mass is 9.72. The quantitative estimate of drug-likeness (QED) is 0.837. The van der Waals surface area contributed by atoms with E-state index in [9.17, 15) is 0 Å². The zero-order valence-electron chi connectivity index (χ0n) is 13.0. The monoisotopic (exact) mass is 297 g/mol. The van der Waals surface area contributed by atoms with Gasteiger partial charge in [0.25, 0.3) is 0 Å². The smallest absolute Gasteiger partial charge is 0.0834 e. The number of rotatable bonds is 6. The summed E-state index contributed by atoms with van der Waals surface area (Å²) in [6.45, 7) is 7.63. The first-order valence-corrected chi connectivity index (χ1v) is 8.35. The van der Waals surface area contributed by atoms with E-state index in [1.165, 1.54) is 32.1 Å². The van der Waals surface area contributed by atoms with Gasteiger partial charge in [0.15, 0.2) is 0 Å². The van der Waals surface area contributed by atoms with Crippen LogP contribution in [0.1, 0.15) is 71.0 Å². The summed E-state index contributed by atoms with van der Waals surface area (Å²) in [4.78, 5) is 0. The van der Waals surface area contributed by atoms with Crippen molar-refractivity contribution in [2.75, 3.05) is 0 Å². The molecule has 114 valence electrons. The average molecular weight is 298 g/mol. The maximum atomic E-state index is 6.71. The summed E-state index contributed by atoms with van der Waals surface area (Å²) in [7, 11) is 0. The van der Waals surface area contributed by atoms with Crippen molar-refractivity contribution in [3.8, 4) is 0 Å². The Kier molecular flexibility index (Phi) is 5.14. The highest BCUT2D eigenvalue weighted by molar-refractivity contribution is 6.31. The van der Waals surface area contributed by atoms with Crippen LogP contribution in [0.15, 0.2) is 6.20 Å². The Morgan fingerprint density at radius 2 is 2.05 bits per heavy atom. The van der Waals surface area contributed by atoms with E-state index < -0.39 is 0 Å². The molecule has 1 heterocycles. The van der Waals surface area contributed by atoms with E-state index in [1.807, 2.05) is 4.68 Å². The molecule has 1 unspecified atom stereocenters. The maximum absolute atomic E-state index is 6.71. The first kappa shape index (κ1) is 15.8. The predicted molar refractivity (Wildman–Crippen MR) is 84.8 cm³/mol. The molecule has 1 aromatic rings. The first-order chi connectivity index (χ1) is 9.50. The van der Waals surface area contributed by atoms with Crippen LogP contribution in [0.2, 0.25) is 5.02 Å². The molecule has 4 heteroatoms. The van der Waals surface area contributed by atoms with Crippen molar-refractivity contribution >= 4 is 11.6 Å². The van der Waals surface area contributed by atoms with E-state index in [-0.39, 0.29) is 11.5 Å². The summed E-state index contributed by atoms with van der Waals surface area (Å²) in [6, 6.07) is 0.00829. The first-order valence-electron chi connectivity index (χ1n) is 7.97. The van der Waals surface area contributed by atoms with Gasteiger partial charge in [0, 0.05) is 6.54 Å². The molecule has 0 radical (unpaired) electrons. The van der Waals surface area contributed by atoms with Gasteiger partial charge in [-0.3, -0.25) is 4.68 Å². The van der Waals surface area contributed by atoms with Gasteiger partial charge in [-0.2, -0.15) is 5.10 Å². The highest BCUT2D eigenvalue weighted by Crippen LogP contribution is 2.51. The number of aromatic nitrogens is 2. The Morgan fingerprint density at radius 3 is 2.60 bits per heavy atom. The molecule has 20 heavy (non-hydrogen) atoms. The van der Waals surface area contributed by atoms with Crippen LogP contribution >= 0.6 is 11.6 Å². The van der Waals surface area contributed by atoms with Gasteiger partial charge >= 0.3 is 0 Å². The molecule has 2 N–H and O–H groups in total. The molecule has 3 nitrogen and oxygen atoms in total. The molecular weight excluding hydrogens is 270 g/mol. The van der Waals surface area contributed by atoms with E-state index in [4.69, 9.17) is 17.3 Å². The normalized spacial score (nSPS) is 19.7. The molecule has 1 aliphatic carbocycles. The summed E-state index contributed by atoms with van der Waals surface area (Å²) in [5.74, 6) is 0.667. The SMILES string of the molecule is CCCn1ncc(Cl)c1C(N)C1(CC(C)C)CCCC1. The molecule has 1 aromatic heterocycles. The van der Waals surface area contributed by atoms with Crippen LogP contribution in [0.4, 0.5) is 0 Å². The second-order valence-corrected chi connectivity index (χ2v) is 7.15. The zero-order chi connectivity index (χ0) is 14.8. The third kappa shape index (κ3) is 3.04. The summed E-state index contributed by atoms with van der Waals surface area (Å²) < 4.78 is 2.02. The van der Waals surface area contributed by atoms with E-state index >= 15 is 0 Å². The molecule has 1 saturated carbocycles. The van der Waals surface area contributed by atoms with E-state index in [1.54, 1.807) is 6.20 Å². The minimum absolute atomic E-state index is 0.00829. The van der Waals surface area contributed by atoms with Crippen molar-refractivity contribution in [1.82, 2.24) is 9.78 Å². The van der Waals surface area contributed by atoms with Crippen molar-refractivity contribution in [2.45, 2.75) is 71.9 Å². The van der Waals surface area contributed by atoms with Crippen LogP contribution in [-0.4, -0.2) is 9.78 Å². The molecule has 1 atom stereocenters. The Balaban J connectivity index is 2.32. The van der Waals surface area contributed by atoms with Crippen LogP contribution in [0.5, 0.6) is 0 Å². The predicted octanol–water partition coefficient (Wildman–Crippen LogP) is 4.55. The van der Waals surface area contributed by atoms with Crippen molar-refractivity contribution in [3.05, 3.63) is 16.9 Å². The van der Waals surface area contributed by atoms with Crippen LogP contribution in [0.25, 0.3) is 0 Å². The largest absolute Gasteiger partial charge is 0.322 e. The molecule has 0 spiro atoms. The van der Waals surface area contributed by atoms with Crippen molar-refractivity contribution in [2.24, 2.45) is 17.1 Å². The number of hydrogen-bond acceptors (Lipinski definition) is 2.